The number of nitrogens with zero attached hydrogens (tertiary/aromatic N) is 7. The molecule has 0 aliphatic rings. The summed E-state index contributed by atoms with van der Waals surface area (Å²) in [5.41, 5.74) is 2.67. The van der Waals surface area contributed by atoms with Crippen molar-refractivity contribution >= 4 is 38.2 Å². The van der Waals surface area contributed by atoms with Crippen LogP contribution in [0.25, 0.3) is 33.8 Å². The van der Waals surface area contributed by atoms with Crippen molar-refractivity contribution in [3.8, 4) is 23.0 Å². The first-order valence-corrected chi connectivity index (χ1v) is 18.8. The molecule has 0 aliphatic heterocycles. The molecule has 0 spiro atoms. The number of fused-ring (bicyclic) bond motifs is 1. The Bertz CT molecular complexity index is 2070. The number of nitrogens with one attached hydrogen (secondary N) is 2. The molecule has 3 heterocycles. The van der Waals surface area contributed by atoms with Crippen LogP contribution in [0.3, 0.4) is 0 Å². The normalized spacial score (nSPS) is 11.4. The SMILES string of the molecule is CN(C)c1cccc2c(S(=O)(=O)NCCCOCCOCCOCNC(=O)CCC(=O)Cc3ccc(-c4nnc(-c5ccccn5)nn4)nc3)cccc12. The molecule has 17 heteroatoms. The lowest BCUT2D eigenvalue weighted by Gasteiger charge is -2.17. The zero-order chi connectivity index (χ0) is 38.2. The van der Waals surface area contributed by atoms with Crippen molar-refractivity contribution in [2.75, 3.05) is 65.3 Å². The Morgan fingerprint density at radius 1 is 0.722 bits per heavy atom. The topological polar surface area (TPSA) is 201 Å². The number of benzene rings is 2. The first-order valence-electron chi connectivity index (χ1n) is 17.4. The summed E-state index contributed by atoms with van der Waals surface area (Å²) in [7, 11) is 0.151. The number of anilines is 1. The molecular formula is C37H43N9O7S. The smallest absolute Gasteiger partial charge is 0.241 e. The van der Waals surface area contributed by atoms with E-state index in [1.165, 1.54) is 0 Å². The lowest BCUT2D eigenvalue weighted by Crippen LogP contribution is -2.27. The van der Waals surface area contributed by atoms with Gasteiger partial charge in [0.1, 0.15) is 23.9 Å². The van der Waals surface area contributed by atoms with Crippen LogP contribution in [0.5, 0.6) is 0 Å². The average Bonchev–Trinajstić information content (AvgIpc) is 3.19. The molecule has 0 fully saturated rings. The third-order valence-electron chi connectivity index (χ3n) is 7.96. The fraction of sp³-hybridized carbons (Fsp3) is 0.351. The van der Waals surface area contributed by atoms with Crippen LogP contribution in [0.2, 0.25) is 0 Å². The van der Waals surface area contributed by atoms with E-state index in [2.05, 4.69) is 40.4 Å². The number of pyridine rings is 2. The standard InChI is InChI=1S/C37H43N9O7S/c1-46(2)33-11-5-9-30-29(33)8-6-12-34(30)54(49,50)41-18-7-19-51-20-21-52-22-23-53-26-40-35(48)16-14-28(47)24-27-13-15-32(39-25-27)37-44-42-36(43-45-37)31-10-3-4-17-38-31/h3-6,8-13,15,17,25,41H,7,14,16,18-24,26H2,1-2H3,(H,40,48). The van der Waals surface area contributed by atoms with Crippen molar-refractivity contribution in [2.24, 2.45) is 0 Å². The number of carbonyl (C=O) groups is 2. The van der Waals surface area contributed by atoms with Gasteiger partial charge in [-0.1, -0.05) is 36.4 Å². The number of hydrogen-bond acceptors (Lipinski definition) is 14. The van der Waals surface area contributed by atoms with Crippen LogP contribution < -0.4 is 14.9 Å². The van der Waals surface area contributed by atoms with Crippen LogP contribution in [-0.4, -0.2) is 111 Å². The van der Waals surface area contributed by atoms with Crippen LogP contribution in [0.1, 0.15) is 24.8 Å². The first kappa shape index (κ1) is 39.9. The number of aromatic nitrogens is 6. The van der Waals surface area contributed by atoms with E-state index in [1.807, 2.05) is 49.3 Å². The summed E-state index contributed by atoms with van der Waals surface area (Å²) in [5, 5.41) is 20.4. The molecular weight excluding hydrogens is 715 g/mol. The van der Waals surface area contributed by atoms with Gasteiger partial charge >= 0.3 is 0 Å². The third kappa shape index (κ3) is 11.8. The van der Waals surface area contributed by atoms with E-state index < -0.39 is 10.0 Å². The molecule has 2 aromatic carbocycles. The molecule has 284 valence electrons. The van der Waals surface area contributed by atoms with E-state index in [1.54, 1.807) is 48.8 Å². The fourth-order valence-corrected chi connectivity index (χ4v) is 6.53. The molecule has 5 aromatic rings. The maximum Gasteiger partial charge on any atom is 0.241 e. The minimum atomic E-state index is -3.70. The molecule has 0 aliphatic carbocycles. The highest BCUT2D eigenvalue weighted by atomic mass is 32.2. The largest absolute Gasteiger partial charge is 0.379 e. The molecule has 3 aromatic heterocycles. The number of carbonyl (C=O) groups excluding carboxylic acids is 2. The molecule has 1 amide bonds. The predicted octanol–water partition coefficient (Wildman–Crippen LogP) is 2.99. The summed E-state index contributed by atoms with van der Waals surface area (Å²) in [6.45, 7) is 1.86. The first-order chi connectivity index (χ1) is 26.2. The van der Waals surface area contributed by atoms with Gasteiger partial charge in [-0.3, -0.25) is 19.6 Å². The Kier molecular flexibility index (Phi) is 14.9. The molecule has 0 saturated heterocycles. The molecule has 54 heavy (non-hydrogen) atoms. The number of ether oxygens (including phenoxy) is 3. The second-order valence-corrected chi connectivity index (χ2v) is 13.9. The molecule has 0 radical (unpaired) electrons. The summed E-state index contributed by atoms with van der Waals surface area (Å²) in [5.74, 6) is 0.154. The Hall–Kier alpha value is -5.33. The molecule has 2 N–H and O–H groups in total. The van der Waals surface area contributed by atoms with Gasteiger partial charge in [-0.15, -0.1) is 20.4 Å². The van der Waals surface area contributed by atoms with Crippen molar-refractivity contribution < 1.29 is 32.2 Å². The second-order valence-electron chi connectivity index (χ2n) is 12.2. The van der Waals surface area contributed by atoms with Crippen molar-refractivity contribution in [3.05, 3.63) is 84.7 Å². The summed E-state index contributed by atoms with van der Waals surface area (Å²) < 4.78 is 45.1. The monoisotopic (exact) mass is 757 g/mol. The number of rotatable bonds is 22. The Morgan fingerprint density at radius 3 is 2.09 bits per heavy atom. The minimum absolute atomic E-state index is 0.00160. The van der Waals surface area contributed by atoms with E-state index in [0.29, 0.717) is 61.0 Å². The summed E-state index contributed by atoms with van der Waals surface area (Å²) in [4.78, 5) is 35.3. The zero-order valence-corrected chi connectivity index (χ0v) is 31.0. The number of hydrogen-bond donors (Lipinski definition) is 2. The lowest BCUT2D eigenvalue weighted by molar-refractivity contribution is -0.126. The molecule has 0 unspecified atom stereocenters. The molecule has 5 rings (SSSR count). The maximum atomic E-state index is 13.0. The summed E-state index contributed by atoms with van der Waals surface area (Å²) in [6, 6.07) is 19.7. The second kappa shape index (κ2) is 20.2. The van der Waals surface area contributed by atoms with Gasteiger partial charge in [0.05, 0.1) is 31.3 Å². The van der Waals surface area contributed by atoms with Crippen LogP contribution in [0, 0.1) is 0 Å². The highest BCUT2D eigenvalue weighted by Gasteiger charge is 2.18. The van der Waals surface area contributed by atoms with Crippen molar-refractivity contribution in [3.63, 3.8) is 0 Å². The minimum Gasteiger partial charge on any atom is -0.379 e. The third-order valence-corrected chi connectivity index (χ3v) is 9.48. The number of amides is 1. The van der Waals surface area contributed by atoms with E-state index in [-0.39, 0.29) is 61.6 Å². The van der Waals surface area contributed by atoms with E-state index in [4.69, 9.17) is 14.2 Å². The maximum absolute atomic E-state index is 13.0. The van der Waals surface area contributed by atoms with Gasteiger partial charge in [-0.2, -0.15) is 0 Å². The average molecular weight is 758 g/mol. The highest BCUT2D eigenvalue weighted by molar-refractivity contribution is 7.89. The lowest BCUT2D eigenvalue weighted by atomic mass is 10.1. The summed E-state index contributed by atoms with van der Waals surface area (Å²) >= 11 is 0. The van der Waals surface area contributed by atoms with Crippen LogP contribution in [-0.2, 0) is 40.2 Å². The van der Waals surface area contributed by atoms with Crippen LogP contribution >= 0.6 is 0 Å². The number of ketones is 1. The summed E-state index contributed by atoms with van der Waals surface area (Å²) in [6.07, 6.45) is 3.95. The van der Waals surface area contributed by atoms with E-state index in [9.17, 15) is 18.0 Å². The molecule has 0 saturated carbocycles. The van der Waals surface area contributed by atoms with Crippen molar-refractivity contribution in [1.29, 1.82) is 0 Å². The Morgan fingerprint density at radius 2 is 1.41 bits per heavy atom. The Labute approximate surface area is 313 Å². The van der Waals surface area contributed by atoms with Gasteiger partial charge in [0.25, 0.3) is 0 Å². The van der Waals surface area contributed by atoms with Crippen LogP contribution in [0.15, 0.2) is 84.0 Å². The zero-order valence-electron chi connectivity index (χ0n) is 30.2. The van der Waals surface area contributed by atoms with Gasteiger partial charge in [-0.25, -0.2) is 13.1 Å². The van der Waals surface area contributed by atoms with Gasteiger partial charge in [0, 0.05) is 75.4 Å². The Balaban J connectivity index is 0.860. The van der Waals surface area contributed by atoms with Crippen LogP contribution in [0.4, 0.5) is 5.69 Å². The molecule has 16 nitrogen and oxygen atoms in total. The predicted molar refractivity (Wildman–Crippen MR) is 201 cm³/mol. The van der Waals surface area contributed by atoms with E-state index >= 15 is 0 Å². The fourth-order valence-electron chi connectivity index (χ4n) is 5.24. The van der Waals surface area contributed by atoms with Gasteiger partial charge in [0.2, 0.25) is 27.6 Å². The number of sulfonamides is 1. The van der Waals surface area contributed by atoms with E-state index in [0.717, 1.165) is 11.1 Å². The highest BCUT2D eigenvalue weighted by Crippen LogP contribution is 2.30. The quantitative estimate of drug-likeness (QED) is 0.0771. The van der Waals surface area contributed by atoms with Crippen molar-refractivity contribution in [1.82, 2.24) is 40.4 Å². The molecule has 0 bridgehead atoms. The molecule has 0 atom stereocenters. The van der Waals surface area contributed by atoms with Gasteiger partial charge < -0.3 is 24.4 Å². The van der Waals surface area contributed by atoms with Crippen molar-refractivity contribution in [2.45, 2.75) is 30.6 Å². The number of Topliss-reactive ketones (excluding diaryl/α,β-unsaturated/α-hetero) is 1. The van der Waals surface area contributed by atoms with Gasteiger partial charge in [0.15, 0.2) is 0 Å². The van der Waals surface area contributed by atoms with Gasteiger partial charge in [-0.05, 0) is 42.3 Å².